The normalized spacial score (nSPS) is 11.4. The van der Waals surface area contributed by atoms with Crippen molar-refractivity contribution in [3.63, 3.8) is 0 Å². The zero-order chi connectivity index (χ0) is 13.7. The van der Waals surface area contributed by atoms with Gasteiger partial charge in [0.05, 0.1) is 24.7 Å². The van der Waals surface area contributed by atoms with Crippen molar-refractivity contribution in [1.29, 1.82) is 5.26 Å². The first-order chi connectivity index (χ1) is 8.49. The van der Waals surface area contributed by atoms with Gasteiger partial charge >= 0.3 is 5.97 Å². The lowest BCUT2D eigenvalue weighted by Crippen LogP contribution is -2.23. The van der Waals surface area contributed by atoms with Crippen LogP contribution < -0.4 is 10.6 Å². The van der Waals surface area contributed by atoms with Gasteiger partial charge in [0.1, 0.15) is 0 Å². The molecule has 1 atom stereocenters. The molecule has 5 nitrogen and oxygen atoms in total. The second kappa shape index (κ2) is 5.92. The molecule has 0 radical (unpaired) electrons. The second-order valence-corrected chi connectivity index (χ2v) is 4.17. The van der Waals surface area contributed by atoms with Crippen molar-refractivity contribution in [2.75, 3.05) is 31.3 Å². The number of esters is 1. The van der Waals surface area contributed by atoms with Gasteiger partial charge < -0.3 is 15.4 Å². The highest BCUT2D eigenvalue weighted by molar-refractivity contribution is 5.96. The van der Waals surface area contributed by atoms with E-state index in [-0.39, 0.29) is 5.92 Å². The maximum absolute atomic E-state index is 11.5. The molecule has 0 bridgehead atoms. The highest BCUT2D eigenvalue weighted by Gasteiger charge is 2.13. The first-order valence-electron chi connectivity index (χ1n) is 5.58. The summed E-state index contributed by atoms with van der Waals surface area (Å²) in [5.41, 5.74) is 7.27. The van der Waals surface area contributed by atoms with Crippen LogP contribution in [-0.4, -0.2) is 26.7 Å². The Labute approximate surface area is 107 Å². The summed E-state index contributed by atoms with van der Waals surface area (Å²) < 4.78 is 4.66. The van der Waals surface area contributed by atoms with Crippen molar-refractivity contribution in [3.05, 3.63) is 23.8 Å². The molecule has 0 aliphatic heterocycles. The Hall–Kier alpha value is -2.22. The number of rotatable bonds is 4. The number of hydrogen-bond donors (Lipinski definition) is 1. The summed E-state index contributed by atoms with van der Waals surface area (Å²) in [6.45, 7) is 2.43. The molecule has 0 amide bonds. The third kappa shape index (κ3) is 3.14. The van der Waals surface area contributed by atoms with Crippen molar-refractivity contribution in [1.82, 2.24) is 0 Å². The zero-order valence-electron chi connectivity index (χ0n) is 10.8. The minimum Gasteiger partial charge on any atom is -0.465 e. The highest BCUT2D eigenvalue weighted by Crippen LogP contribution is 2.21. The molecular formula is C13H17N3O2. The number of benzene rings is 1. The predicted molar refractivity (Wildman–Crippen MR) is 70.2 cm³/mol. The molecule has 1 aromatic rings. The van der Waals surface area contributed by atoms with Crippen molar-refractivity contribution in [3.8, 4) is 6.07 Å². The largest absolute Gasteiger partial charge is 0.465 e. The van der Waals surface area contributed by atoms with E-state index in [9.17, 15) is 4.79 Å². The van der Waals surface area contributed by atoms with Crippen LogP contribution >= 0.6 is 0 Å². The van der Waals surface area contributed by atoms with Gasteiger partial charge in [-0.15, -0.1) is 0 Å². The van der Waals surface area contributed by atoms with E-state index < -0.39 is 5.97 Å². The first kappa shape index (κ1) is 13.8. The maximum atomic E-state index is 11.5. The van der Waals surface area contributed by atoms with Gasteiger partial charge in [-0.25, -0.2) is 4.79 Å². The fourth-order valence-electron chi connectivity index (χ4n) is 1.63. The lowest BCUT2D eigenvalue weighted by molar-refractivity contribution is 0.0602. The summed E-state index contributed by atoms with van der Waals surface area (Å²) in [7, 11) is 3.18. The summed E-state index contributed by atoms with van der Waals surface area (Å²) in [6.07, 6.45) is 0. The molecule has 1 aromatic carbocycles. The molecular weight excluding hydrogens is 230 g/mol. The SMILES string of the molecule is COC(=O)c1cc(N(C)CC(C)C#N)ccc1N. The molecule has 2 N–H and O–H groups in total. The van der Waals surface area contributed by atoms with Crippen molar-refractivity contribution >= 4 is 17.3 Å². The molecule has 1 unspecified atom stereocenters. The molecule has 0 aliphatic carbocycles. The van der Waals surface area contributed by atoms with Crippen LogP contribution in [0.3, 0.4) is 0 Å². The van der Waals surface area contributed by atoms with Gasteiger partial charge in [0.25, 0.3) is 0 Å². The number of anilines is 2. The molecule has 0 spiro atoms. The molecule has 5 heteroatoms. The van der Waals surface area contributed by atoms with Crippen LogP contribution in [-0.2, 0) is 4.74 Å². The fourth-order valence-corrected chi connectivity index (χ4v) is 1.63. The second-order valence-electron chi connectivity index (χ2n) is 4.17. The van der Waals surface area contributed by atoms with Crippen molar-refractivity contribution in [2.24, 2.45) is 5.92 Å². The van der Waals surface area contributed by atoms with Crippen LogP contribution in [0.25, 0.3) is 0 Å². The lowest BCUT2D eigenvalue weighted by atomic mass is 10.1. The topological polar surface area (TPSA) is 79.3 Å². The van der Waals surface area contributed by atoms with Crippen LogP contribution in [0.15, 0.2) is 18.2 Å². The fraction of sp³-hybridized carbons (Fsp3) is 0.385. The van der Waals surface area contributed by atoms with Crippen LogP contribution in [0.1, 0.15) is 17.3 Å². The summed E-state index contributed by atoms with van der Waals surface area (Å²) in [6, 6.07) is 7.31. The van der Waals surface area contributed by atoms with Gasteiger partial charge in [0, 0.05) is 25.0 Å². The quantitative estimate of drug-likeness (QED) is 0.646. The van der Waals surface area contributed by atoms with Gasteiger partial charge in [-0.3, -0.25) is 0 Å². The summed E-state index contributed by atoms with van der Waals surface area (Å²) >= 11 is 0. The Balaban J connectivity index is 2.98. The number of methoxy groups -OCH3 is 1. The minimum atomic E-state index is -0.462. The summed E-state index contributed by atoms with van der Waals surface area (Å²) in [4.78, 5) is 13.4. The monoisotopic (exact) mass is 247 g/mol. The van der Waals surface area contributed by atoms with Crippen LogP contribution in [0.5, 0.6) is 0 Å². The highest BCUT2D eigenvalue weighted by atomic mass is 16.5. The number of carbonyl (C=O) groups is 1. The van der Waals surface area contributed by atoms with E-state index in [0.717, 1.165) is 5.69 Å². The van der Waals surface area contributed by atoms with Crippen LogP contribution in [0, 0.1) is 17.2 Å². The third-order valence-corrected chi connectivity index (χ3v) is 2.65. The predicted octanol–water partition coefficient (Wildman–Crippen LogP) is 1.65. The van der Waals surface area contributed by atoms with Crippen molar-refractivity contribution < 1.29 is 9.53 Å². The number of hydrogen-bond acceptors (Lipinski definition) is 5. The van der Waals surface area contributed by atoms with Crippen LogP contribution in [0.2, 0.25) is 0 Å². The number of ether oxygens (including phenoxy) is 1. The van der Waals surface area contributed by atoms with E-state index >= 15 is 0 Å². The molecule has 0 aliphatic rings. The number of carbonyl (C=O) groups excluding carboxylic acids is 1. The Bertz CT molecular complexity index is 480. The molecule has 0 fully saturated rings. The zero-order valence-corrected chi connectivity index (χ0v) is 10.8. The number of nitrogen functional groups attached to an aromatic ring is 1. The summed E-state index contributed by atoms with van der Waals surface area (Å²) in [5.74, 6) is -0.551. The third-order valence-electron chi connectivity index (χ3n) is 2.65. The van der Waals surface area contributed by atoms with E-state index in [2.05, 4.69) is 10.8 Å². The van der Waals surface area contributed by atoms with Gasteiger partial charge in [-0.1, -0.05) is 0 Å². The van der Waals surface area contributed by atoms with Gasteiger partial charge in [0.2, 0.25) is 0 Å². The number of nitrogens with zero attached hydrogens (tertiary/aromatic N) is 2. The Morgan fingerprint density at radius 1 is 1.61 bits per heavy atom. The Morgan fingerprint density at radius 2 is 2.28 bits per heavy atom. The number of nitrogens with two attached hydrogens (primary N) is 1. The van der Waals surface area contributed by atoms with Crippen LogP contribution in [0.4, 0.5) is 11.4 Å². The van der Waals surface area contributed by atoms with Gasteiger partial charge in [-0.05, 0) is 25.1 Å². The lowest BCUT2D eigenvalue weighted by Gasteiger charge is -2.21. The molecule has 1 rings (SSSR count). The molecule has 0 heterocycles. The van der Waals surface area contributed by atoms with Gasteiger partial charge in [0.15, 0.2) is 0 Å². The molecule has 0 saturated carbocycles. The average molecular weight is 247 g/mol. The van der Waals surface area contributed by atoms with E-state index in [1.54, 1.807) is 12.1 Å². The molecule has 18 heavy (non-hydrogen) atoms. The van der Waals surface area contributed by atoms with E-state index in [1.807, 2.05) is 24.9 Å². The van der Waals surface area contributed by atoms with Gasteiger partial charge in [-0.2, -0.15) is 5.26 Å². The average Bonchev–Trinajstić information content (AvgIpc) is 2.38. The standard InChI is InChI=1S/C13H17N3O2/c1-9(7-14)8-16(2)10-4-5-12(15)11(6-10)13(17)18-3/h4-6,9H,8,15H2,1-3H3. The smallest absolute Gasteiger partial charge is 0.340 e. The Kier molecular flexibility index (Phi) is 4.55. The van der Waals surface area contributed by atoms with Crippen molar-refractivity contribution in [2.45, 2.75) is 6.92 Å². The first-order valence-corrected chi connectivity index (χ1v) is 5.58. The molecule has 96 valence electrons. The van der Waals surface area contributed by atoms with E-state index in [1.165, 1.54) is 7.11 Å². The summed E-state index contributed by atoms with van der Waals surface area (Å²) in [5, 5.41) is 8.78. The van der Waals surface area contributed by atoms with E-state index in [0.29, 0.717) is 17.8 Å². The minimum absolute atomic E-state index is 0.0888. The molecule has 0 saturated heterocycles. The van der Waals surface area contributed by atoms with E-state index in [4.69, 9.17) is 11.0 Å². The Morgan fingerprint density at radius 3 is 2.83 bits per heavy atom. The maximum Gasteiger partial charge on any atom is 0.340 e. The molecule has 0 aromatic heterocycles. The number of nitriles is 1.